The molecule has 0 fully saturated rings. The van der Waals surface area contributed by atoms with E-state index < -0.39 is 0 Å². The number of carbonyl (C=O) groups excluding carboxylic acids is 1. The molecule has 0 saturated carbocycles. The average molecular weight is 295 g/mol. The Morgan fingerprint density at radius 3 is 2.95 bits per heavy atom. The predicted molar refractivity (Wildman–Crippen MR) is 84.3 cm³/mol. The van der Waals surface area contributed by atoms with Crippen molar-refractivity contribution in [2.45, 2.75) is 26.1 Å². The lowest BCUT2D eigenvalue weighted by atomic mass is 9.96. The van der Waals surface area contributed by atoms with Gasteiger partial charge in [-0.1, -0.05) is 18.2 Å². The fourth-order valence-electron chi connectivity index (χ4n) is 3.48. The van der Waals surface area contributed by atoms with E-state index in [0.29, 0.717) is 11.3 Å². The number of hydrogen-bond acceptors (Lipinski definition) is 4. The molecule has 0 spiro atoms. The topological polar surface area (TPSA) is 38.8 Å². The van der Waals surface area contributed by atoms with Crippen molar-refractivity contribution >= 4 is 16.7 Å². The molecule has 0 amide bonds. The lowest BCUT2D eigenvalue weighted by Crippen LogP contribution is -2.42. The first kappa shape index (κ1) is 13.3. The summed E-state index contributed by atoms with van der Waals surface area (Å²) >= 11 is 0. The minimum Gasteiger partial charge on any atom is -0.474 e. The normalized spacial score (nSPS) is 23.1. The fourth-order valence-corrected chi connectivity index (χ4v) is 3.48. The maximum atomic E-state index is 12.0. The van der Waals surface area contributed by atoms with E-state index >= 15 is 0 Å². The molecule has 2 aliphatic heterocycles. The molecule has 0 unspecified atom stereocenters. The number of esters is 1. The molecule has 22 heavy (non-hydrogen) atoms. The highest BCUT2D eigenvalue weighted by Crippen LogP contribution is 2.47. The van der Waals surface area contributed by atoms with Gasteiger partial charge in [-0.15, -0.1) is 6.58 Å². The third-order valence-electron chi connectivity index (χ3n) is 4.57. The van der Waals surface area contributed by atoms with E-state index in [1.807, 2.05) is 31.2 Å². The van der Waals surface area contributed by atoms with Gasteiger partial charge in [-0.3, -0.25) is 4.90 Å². The largest absolute Gasteiger partial charge is 0.474 e. The van der Waals surface area contributed by atoms with Gasteiger partial charge in [-0.2, -0.15) is 0 Å². The van der Waals surface area contributed by atoms with Crippen molar-refractivity contribution in [3.05, 3.63) is 48.0 Å². The lowest BCUT2D eigenvalue weighted by Gasteiger charge is -2.40. The van der Waals surface area contributed by atoms with Crippen LogP contribution in [0.5, 0.6) is 11.5 Å². The molecule has 0 bridgehead atoms. The summed E-state index contributed by atoms with van der Waals surface area (Å²) in [6.07, 6.45) is 1.83. The van der Waals surface area contributed by atoms with E-state index in [-0.39, 0.29) is 18.2 Å². The maximum absolute atomic E-state index is 12.0. The number of nitrogens with zero attached hydrogens (tertiary/aromatic N) is 1. The van der Waals surface area contributed by atoms with Crippen molar-refractivity contribution in [2.24, 2.45) is 0 Å². The van der Waals surface area contributed by atoms with Crippen LogP contribution >= 0.6 is 0 Å². The Hall–Kier alpha value is -2.33. The molecule has 4 nitrogen and oxygen atoms in total. The van der Waals surface area contributed by atoms with Crippen LogP contribution in [0.1, 0.15) is 35.8 Å². The van der Waals surface area contributed by atoms with Gasteiger partial charge in [0.25, 0.3) is 0 Å². The van der Waals surface area contributed by atoms with Crippen molar-refractivity contribution in [1.82, 2.24) is 4.90 Å². The van der Waals surface area contributed by atoms with E-state index in [1.165, 1.54) is 0 Å². The first-order valence-corrected chi connectivity index (χ1v) is 7.47. The van der Waals surface area contributed by atoms with Crippen LogP contribution in [-0.2, 0) is 0 Å². The molecule has 112 valence electrons. The number of hydrogen-bond donors (Lipinski definition) is 0. The molecule has 0 saturated heterocycles. The highest BCUT2D eigenvalue weighted by Gasteiger charge is 2.35. The van der Waals surface area contributed by atoms with Gasteiger partial charge in [0, 0.05) is 28.9 Å². The highest BCUT2D eigenvalue weighted by molar-refractivity contribution is 6.14. The van der Waals surface area contributed by atoms with E-state index in [2.05, 4.69) is 18.4 Å². The van der Waals surface area contributed by atoms with Crippen LogP contribution in [0.3, 0.4) is 0 Å². The maximum Gasteiger partial charge on any atom is 0.344 e. The molecule has 2 aromatic rings. The number of fused-ring (bicyclic) bond motifs is 2. The van der Waals surface area contributed by atoms with Crippen LogP contribution in [0, 0.1) is 0 Å². The summed E-state index contributed by atoms with van der Waals surface area (Å²) in [4.78, 5) is 14.2. The monoisotopic (exact) mass is 295 g/mol. The smallest absolute Gasteiger partial charge is 0.344 e. The fraction of sp³-hybridized carbons (Fsp3) is 0.278. The minimum atomic E-state index is -0.286. The molecule has 0 aliphatic carbocycles. The quantitative estimate of drug-likeness (QED) is 0.481. The van der Waals surface area contributed by atoms with Crippen LogP contribution in [0.4, 0.5) is 0 Å². The van der Waals surface area contributed by atoms with Crippen molar-refractivity contribution in [3.8, 4) is 11.5 Å². The molecule has 0 aromatic heterocycles. The van der Waals surface area contributed by atoms with Gasteiger partial charge in [0.2, 0.25) is 0 Å². The summed E-state index contributed by atoms with van der Waals surface area (Å²) in [6.45, 7) is 8.73. The zero-order valence-corrected chi connectivity index (χ0v) is 12.6. The Bertz CT molecular complexity index is 812. The van der Waals surface area contributed by atoms with Crippen LogP contribution in [0.15, 0.2) is 36.9 Å². The molecule has 4 heteroatoms. The zero-order valence-electron chi connectivity index (χ0n) is 12.6. The van der Waals surface area contributed by atoms with Crippen LogP contribution < -0.4 is 9.47 Å². The Kier molecular flexibility index (Phi) is 2.78. The molecular weight excluding hydrogens is 278 g/mol. The van der Waals surface area contributed by atoms with Crippen molar-refractivity contribution in [3.63, 3.8) is 0 Å². The van der Waals surface area contributed by atoms with Gasteiger partial charge in [0.05, 0.1) is 5.56 Å². The van der Waals surface area contributed by atoms with Gasteiger partial charge in [0.15, 0.2) is 6.23 Å². The molecule has 2 atom stereocenters. The zero-order chi connectivity index (χ0) is 15.4. The summed E-state index contributed by atoms with van der Waals surface area (Å²) in [5, 5.41) is 1.82. The Balaban J connectivity index is 1.98. The van der Waals surface area contributed by atoms with Crippen molar-refractivity contribution in [2.75, 3.05) is 6.54 Å². The van der Waals surface area contributed by atoms with Gasteiger partial charge < -0.3 is 9.47 Å². The predicted octanol–water partition coefficient (Wildman–Crippen LogP) is 3.66. The second-order valence-electron chi connectivity index (χ2n) is 5.79. The second kappa shape index (κ2) is 4.58. The summed E-state index contributed by atoms with van der Waals surface area (Å²) in [5.41, 5.74) is 1.67. The third kappa shape index (κ3) is 1.64. The SMILES string of the molecule is C=CCN1[C@@H](C)Oc2c(cc3c4c(cccc24)C(=O)O3)[C@@H]1C. The molecule has 2 aromatic carbocycles. The number of rotatable bonds is 2. The summed E-state index contributed by atoms with van der Waals surface area (Å²) < 4.78 is 11.6. The summed E-state index contributed by atoms with van der Waals surface area (Å²) in [7, 11) is 0. The summed E-state index contributed by atoms with van der Waals surface area (Å²) in [5.74, 6) is 1.21. The van der Waals surface area contributed by atoms with Gasteiger partial charge in [0.1, 0.15) is 11.5 Å². The number of benzene rings is 2. The van der Waals surface area contributed by atoms with E-state index in [9.17, 15) is 4.79 Å². The van der Waals surface area contributed by atoms with Crippen molar-refractivity contribution in [1.29, 1.82) is 0 Å². The molecule has 2 aliphatic rings. The lowest BCUT2D eigenvalue weighted by molar-refractivity contribution is -0.000418. The standard InChI is InChI=1S/C18H17NO3/c1-4-8-19-10(2)14-9-15-16-12(17(14)21-11(19)3)6-5-7-13(16)18(20)22-15/h4-7,9-11H,1,8H2,2-3H3/t10-,11+/m0/s1. The summed E-state index contributed by atoms with van der Waals surface area (Å²) in [6, 6.07) is 7.78. The molecule has 0 radical (unpaired) electrons. The van der Waals surface area contributed by atoms with E-state index in [4.69, 9.17) is 9.47 Å². The molecular formula is C18H17NO3. The van der Waals surface area contributed by atoms with Gasteiger partial charge >= 0.3 is 5.97 Å². The Morgan fingerprint density at radius 2 is 2.18 bits per heavy atom. The van der Waals surface area contributed by atoms with Crippen LogP contribution in [0.2, 0.25) is 0 Å². The van der Waals surface area contributed by atoms with Crippen LogP contribution in [0.25, 0.3) is 10.8 Å². The first-order valence-electron chi connectivity index (χ1n) is 7.47. The number of ether oxygens (including phenoxy) is 2. The second-order valence-corrected chi connectivity index (χ2v) is 5.79. The van der Waals surface area contributed by atoms with Gasteiger partial charge in [-0.25, -0.2) is 4.79 Å². The van der Waals surface area contributed by atoms with Gasteiger partial charge in [-0.05, 0) is 26.0 Å². The van der Waals surface area contributed by atoms with E-state index in [1.54, 1.807) is 6.07 Å². The number of carbonyl (C=O) groups is 1. The van der Waals surface area contributed by atoms with Crippen LogP contribution in [-0.4, -0.2) is 23.6 Å². The average Bonchev–Trinajstić information content (AvgIpc) is 2.83. The van der Waals surface area contributed by atoms with E-state index in [0.717, 1.165) is 28.6 Å². The first-order chi connectivity index (χ1) is 10.6. The minimum absolute atomic E-state index is 0.0458. The Labute approximate surface area is 128 Å². The Morgan fingerprint density at radius 1 is 1.36 bits per heavy atom. The van der Waals surface area contributed by atoms with Crippen molar-refractivity contribution < 1.29 is 14.3 Å². The molecule has 2 heterocycles. The molecule has 0 N–H and O–H groups in total. The molecule has 4 rings (SSSR count). The third-order valence-corrected chi connectivity index (χ3v) is 4.57. The highest BCUT2D eigenvalue weighted by atomic mass is 16.5.